The molecule has 5 aromatic rings. The van der Waals surface area contributed by atoms with Gasteiger partial charge in [-0.1, -0.05) is 12.1 Å². The van der Waals surface area contributed by atoms with Gasteiger partial charge in [-0.05, 0) is 74.9 Å². The van der Waals surface area contributed by atoms with Gasteiger partial charge in [0.15, 0.2) is 11.6 Å². The zero-order chi connectivity index (χ0) is 29.9. The number of H-pyrrole nitrogens is 1. The summed E-state index contributed by atoms with van der Waals surface area (Å²) in [4.78, 5) is 42.2. The van der Waals surface area contributed by atoms with E-state index in [1.807, 2.05) is 0 Å². The fourth-order valence-electron chi connectivity index (χ4n) is 4.86. The van der Waals surface area contributed by atoms with Crippen LogP contribution >= 0.6 is 0 Å². The van der Waals surface area contributed by atoms with Gasteiger partial charge in [0.05, 0.1) is 28.8 Å². The number of carbonyl (C=O) groups excluding carboxylic acids is 3. The number of aromatic amines is 1. The summed E-state index contributed by atoms with van der Waals surface area (Å²) >= 11 is 0. The predicted octanol–water partition coefficient (Wildman–Crippen LogP) is 5.38. The van der Waals surface area contributed by atoms with Crippen LogP contribution in [0.4, 0.5) is 25.1 Å². The van der Waals surface area contributed by atoms with Crippen molar-refractivity contribution in [3.8, 4) is 17.2 Å². The van der Waals surface area contributed by atoms with Gasteiger partial charge in [-0.3, -0.25) is 9.59 Å². The molecule has 0 unspecified atom stereocenters. The topological polar surface area (TPSA) is 135 Å². The Hall–Kier alpha value is -5.52. The lowest BCUT2D eigenvalue weighted by atomic mass is 10.1. The number of anilines is 2. The number of halogens is 2. The van der Waals surface area contributed by atoms with Crippen LogP contribution in [-0.2, 0) is 4.79 Å². The van der Waals surface area contributed by atoms with Gasteiger partial charge in [0.25, 0.3) is 5.91 Å². The normalized spacial score (nSPS) is 14.5. The van der Waals surface area contributed by atoms with E-state index in [1.165, 1.54) is 49.0 Å². The summed E-state index contributed by atoms with van der Waals surface area (Å²) in [5.41, 5.74) is 6.75. The summed E-state index contributed by atoms with van der Waals surface area (Å²) < 4.78 is 36.1. The molecule has 3 heterocycles. The van der Waals surface area contributed by atoms with Gasteiger partial charge in [0.1, 0.15) is 22.9 Å². The lowest BCUT2D eigenvalue weighted by Gasteiger charge is -2.16. The molecule has 0 bridgehead atoms. The second-order valence-corrected chi connectivity index (χ2v) is 10.4. The lowest BCUT2D eigenvalue weighted by molar-refractivity contribution is -0.121. The van der Waals surface area contributed by atoms with Crippen LogP contribution in [0.2, 0.25) is 0 Å². The van der Waals surface area contributed by atoms with E-state index in [0.717, 1.165) is 11.0 Å². The maximum atomic E-state index is 15.0. The van der Waals surface area contributed by atoms with Crippen LogP contribution in [0.15, 0.2) is 66.9 Å². The first-order chi connectivity index (χ1) is 19.9. The quantitative estimate of drug-likeness (QED) is 0.185. The van der Waals surface area contributed by atoms with Gasteiger partial charge in [0.2, 0.25) is 5.78 Å². The van der Waals surface area contributed by atoms with Crippen molar-refractivity contribution >= 4 is 40.1 Å². The molecule has 1 aliphatic rings. The molecule has 0 aliphatic carbocycles. The van der Waals surface area contributed by atoms with Crippen molar-refractivity contribution in [2.45, 2.75) is 26.3 Å². The standard InChI is InChI=1S/C30H24F2N6O4/c1-15-10-17(42-25-7-5-4-6-19(25)31)8-9-23(15)38-27(33)18(14-34-38)26(39)22-12-16-11-20(32)24(13-21(16)35-22)37-28(40)30(2,3)36-29(37)41/h4-14,35H,33H2,1-3H3,(H,36,41). The van der Waals surface area contributed by atoms with Crippen molar-refractivity contribution in [1.82, 2.24) is 20.1 Å². The van der Waals surface area contributed by atoms with Gasteiger partial charge >= 0.3 is 6.03 Å². The number of nitrogens with zero attached hydrogens (tertiary/aromatic N) is 3. The summed E-state index contributed by atoms with van der Waals surface area (Å²) in [5, 5.41) is 7.17. The van der Waals surface area contributed by atoms with Gasteiger partial charge in [-0.15, -0.1) is 0 Å². The van der Waals surface area contributed by atoms with Crippen LogP contribution in [0.25, 0.3) is 16.6 Å². The monoisotopic (exact) mass is 570 g/mol. The Morgan fingerprint density at radius 3 is 2.45 bits per heavy atom. The Labute approximate surface area is 237 Å². The molecular weight excluding hydrogens is 546 g/mol. The lowest BCUT2D eigenvalue weighted by Crippen LogP contribution is -2.40. The maximum Gasteiger partial charge on any atom is 0.329 e. The first kappa shape index (κ1) is 26.7. The third-order valence-corrected chi connectivity index (χ3v) is 7.05. The van der Waals surface area contributed by atoms with E-state index >= 15 is 4.39 Å². The smallest absolute Gasteiger partial charge is 0.329 e. The number of ether oxygens (including phenoxy) is 1. The number of carbonyl (C=O) groups is 3. The minimum atomic E-state index is -1.18. The van der Waals surface area contributed by atoms with Gasteiger partial charge in [-0.2, -0.15) is 5.10 Å². The number of aromatic nitrogens is 3. The minimum absolute atomic E-state index is 0.0676. The average Bonchev–Trinajstić information content (AvgIpc) is 3.58. The SMILES string of the molecule is Cc1cc(Oc2ccccc2F)ccc1-n1ncc(C(=O)c2cc3cc(F)c(N4C(=O)NC(C)(C)C4=O)cc3[nH]2)c1N. The molecule has 42 heavy (non-hydrogen) atoms. The Bertz CT molecular complexity index is 1940. The Balaban J connectivity index is 1.29. The van der Waals surface area contributed by atoms with Crippen LogP contribution in [0.1, 0.15) is 35.5 Å². The van der Waals surface area contributed by atoms with E-state index < -0.39 is 34.9 Å². The number of ketones is 1. The molecule has 0 spiro atoms. The third-order valence-electron chi connectivity index (χ3n) is 7.05. The molecule has 212 valence electrons. The van der Waals surface area contributed by atoms with Crippen molar-refractivity contribution < 1.29 is 27.9 Å². The number of nitrogens with one attached hydrogen (secondary N) is 2. The highest BCUT2D eigenvalue weighted by atomic mass is 19.1. The molecule has 12 heteroatoms. The van der Waals surface area contributed by atoms with Crippen LogP contribution in [-0.4, -0.2) is 38.0 Å². The number of urea groups is 1. The van der Waals surface area contributed by atoms with E-state index in [2.05, 4.69) is 15.4 Å². The molecule has 1 saturated heterocycles. The number of benzene rings is 3. The number of amides is 3. The van der Waals surface area contributed by atoms with Gasteiger partial charge in [-0.25, -0.2) is 23.2 Å². The van der Waals surface area contributed by atoms with Crippen LogP contribution < -0.4 is 20.7 Å². The molecule has 4 N–H and O–H groups in total. The molecule has 1 aliphatic heterocycles. The zero-order valence-electron chi connectivity index (χ0n) is 22.7. The summed E-state index contributed by atoms with van der Waals surface area (Å²) in [6.07, 6.45) is 1.33. The highest BCUT2D eigenvalue weighted by Crippen LogP contribution is 2.32. The number of nitrogens with two attached hydrogens (primary N) is 1. The predicted molar refractivity (Wildman–Crippen MR) is 151 cm³/mol. The van der Waals surface area contributed by atoms with E-state index in [-0.39, 0.29) is 28.5 Å². The first-order valence-electron chi connectivity index (χ1n) is 12.8. The number of rotatable bonds is 6. The Kier molecular flexibility index (Phi) is 6.07. The molecule has 10 nitrogen and oxygen atoms in total. The molecule has 0 radical (unpaired) electrons. The van der Waals surface area contributed by atoms with Crippen LogP contribution in [0, 0.1) is 18.6 Å². The largest absolute Gasteiger partial charge is 0.454 e. The molecule has 3 amide bonds. The molecule has 6 rings (SSSR count). The van der Waals surface area contributed by atoms with E-state index in [1.54, 1.807) is 37.3 Å². The highest BCUT2D eigenvalue weighted by molar-refractivity contribution is 6.23. The summed E-state index contributed by atoms with van der Waals surface area (Å²) in [5.74, 6) is -1.83. The minimum Gasteiger partial charge on any atom is -0.454 e. The fraction of sp³-hybridized carbons (Fsp3) is 0.133. The molecule has 0 saturated carbocycles. The summed E-state index contributed by atoms with van der Waals surface area (Å²) in [7, 11) is 0. The number of nitrogen functional groups attached to an aromatic ring is 1. The van der Waals surface area contributed by atoms with Crippen molar-refractivity contribution in [3.63, 3.8) is 0 Å². The number of imide groups is 1. The second kappa shape index (κ2) is 9.54. The fourth-order valence-corrected chi connectivity index (χ4v) is 4.86. The zero-order valence-corrected chi connectivity index (χ0v) is 22.7. The number of hydrogen-bond acceptors (Lipinski definition) is 6. The average molecular weight is 571 g/mol. The number of hydrogen-bond donors (Lipinski definition) is 3. The first-order valence-corrected chi connectivity index (χ1v) is 12.8. The van der Waals surface area contributed by atoms with Crippen molar-refractivity contribution in [3.05, 3.63) is 95.3 Å². The highest BCUT2D eigenvalue weighted by Gasteiger charge is 2.46. The van der Waals surface area contributed by atoms with E-state index in [0.29, 0.717) is 27.9 Å². The van der Waals surface area contributed by atoms with Crippen molar-refractivity contribution in [2.75, 3.05) is 10.6 Å². The Morgan fingerprint density at radius 2 is 1.76 bits per heavy atom. The van der Waals surface area contributed by atoms with Crippen LogP contribution in [0.5, 0.6) is 11.5 Å². The summed E-state index contributed by atoms with van der Waals surface area (Å²) in [6, 6.07) is 14.2. The third kappa shape index (κ3) is 4.33. The molecule has 0 atom stereocenters. The molecule has 2 aromatic heterocycles. The number of aryl methyl sites for hydroxylation is 1. The van der Waals surface area contributed by atoms with Crippen LogP contribution in [0.3, 0.4) is 0 Å². The number of fused-ring (bicyclic) bond motifs is 1. The molecule has 1 fully saturated rings. The van der Waals surface area contributed by atoms with E-state index in [9.17, 15) is 18.8 Å². The Morgan fingerprint density at radius 1 is 1.00 bits per heavy atom. The molecular formula is C30H24F2N6O4. The maximum absolute atomic E-state index is 15.0. The van der Waals surface area contributed by atoms with Crippen molar-refractivity contribution in [1.29, 1.82) is 0 Å². The second-order valence-electron chi connectivity index (χ2n) is 10.4. The number of para-hydroxylation sites is 1. The van der Waals surface area contributed by atoms with Gasteiger partial charge in [0, 0.05) is 10.9 Å². The summed E-state index contributed by atoms with van der Waals surface area (Å²) in [6.45, 7) is 4.84. The van der Waals surface area contributed by atoms with Gasteiger partial charge < -0.3 is 20.8 Å². The molecule has 3 aromatic carbocycles. The van der Waals surface area contributed by atoms with Crippen molar-refractivity contribution in [2.24, 2.45) is 0 Å². The van der Waals surface area contributed by atoms with E-state index in [4.69, 9.17) is 10.5 Å².